The van der Waals surface area contributed by atoms with Gasteiger partial charge < -0.3 is 21.1 Å². The van der Waals surface area contributed by atoms with E-state index in [0.29, 0.717) is 17.9 Å². The van der Waals surface area contributed by atoms with E-state index in [1.54, 1.807) is 12.1 Å². The first kappa shape index (κ1) is 20.5. The highest BCUT2D eigenvalue weighted by Gasteiger charge is 2.14. The van der Waals surface area contributed by atoms with Crippen LogP contribution >= 0.6 is 0 Å². The molecule has 0 radical (unpaired) electrons. The Balaban J connectivity index is 1.95. The van der Waals surface area contributed by atoms with Crippen LogP contribution in [0.4, 0.5) is 4.79 Å². The van der Waals surface area contributed by atoms with Crippen LogP contribution in [0.15, 0.2) is 18.2 Å². The smallest absolute Gasteiger partial charge is 0.339 e. The lowest BCUT2D eigenvalue weighted by molar-refractivity contribution is -0.0269. The fourth-order valence-electron chi connectivity index (χ4n) is 2.58. The normalized spacial score (nSPS) is 14.9. The van der Waals surface area contributed by atoms with E-state index < -0.39 is 11.9 Å². The molecular formula is C18H25N5O4. The van der Waals surface area contributed by atoms with Crippen molar-refractivity contribution in [3.05, 3.63) is 29.3 Å². The minimum Gasteiger partial charge on any atom is -0.491 e. The average molecular weight is 375 g/mol. The van der Waals surface area contributed by atoms with Crippen molar-refractivity contribution in [1.29, 1.82) is 0 Å². The third-order valence-corrected chi connectivity index (χ3v) is 4.22. The molecule has 0 aromatic heterocycles. The Morgan fingerprint density at radius 1 is 1.26 bits per heavy atom. The number of amides is 3. The molecule has 0 bridgehead atoms. The second-order valence-corrected chi connectivity index (χ2v) is 6.27. The molecule has 2 rings (SSSR count). The highest BCUT2D eigenvalue weighted by molar-refractivity contribution is 5.96. The molecule has 1 heterocycles. The Morgan fingerprint density at radius 3 is 2.59 bits per heavy atom. The van der Waals surface area contributed by atoms with E-state index in [9.17, 15) is 9.59 Å². The number of rotatable bonds is 6. The first-order chi connectivity index (χ1) is 12.9. The van der Waals surface area contributed by atoms with Crippen molar-refractivity contribution in [3.8, 4) is 17.6 Å². The number of carbonyl (C=O) groups excluding carboxylic acids is 2. The molecule has 5 N–H and O–H groups in total. The molecule has 0 aliphatic carbocycles. The molecule has 1 aliphatic heterocycles. The second kappa shape index (κ2) is 9.78. The maximum Gasteiger partial charge on any atom is 0.339 e. The minimum atomic E-state index is -0.994. The van der Waals surface area contributed by atoms with E-state index in [0.717, 1.165) is 32.7 Å². The number of urea groups is 1. The second-order valence-electron chi connectivity index (χ2n) is 6.27. The largest absolute Gasteiger partial charge is 0.491 e. The van der Waals surface area contributed by atoms with Crippen LogP contribution in [0.25, 0.3) is 0 Å². The number of hydrogen-bond donors (Lipinski definition) is 3. The standard InChI is InChI=1S/C18H25N5O4/c1-21-7-9-22(10-8-21)11-12-27-16-5-4-14(13-15(16)17(19)24)3-2-6-23(26)18(20)25/h4-5,13,26H,6-12H2,1H3,(H2,19,24)(H2,20,25). The van der Waals surface area contributed by atoms with Gasteiger partial charge in [-0.15, -0.1) is 0 Å². The molecule has 1 aromatic rings. The van der Waals surface area contributed by atoms with Crippen molar-refractivity contribution in [1.82, 2.24) is 14.9 Å². The Labute approximate surface area is 158 Å². The number of nitrogens with zero attached hydrogens (tertiary/aromatic N) is 3. The molecule has 0 unspecified atom stereocenters. The number of carbonyl (C=O) groups is 2. The van der Waals surface area contributed by atoms with Gasteiger partial charge in [0.05, 0.1) is 5.56 Å². The van der Waals surface area contributed by atoms with Crippen molar-refractivity contribution in [2.75, 3.05) is 52.9 Å². The van der Waals surface area contributed by atoms with Gasteiger partial charge in [-0.1, -0.05) is 11.8 Å². The Bertz CT molecular complexity index is 735. The zero-order chi connectivity index (χ0) is 19.8. The minimum absolute atomic E-state index is 0.232. The van der Waals surface area contributed by atoms with Crippen LogP contribution in [0.3, 0.4) is 0 Å². The Kier molecular flexibility index (Phi) is 7.43. The summed E-state index contributed by atoms with van der Waals surface area (Å²) in [5.74, 6) is 5.10. The van der Waals surface area contributed by atoms with E-state index in [-0.39, 0.29) is 17.2 Å². The highest BCUT2D eigenvalue weighted by Crippen LogP contribution is 2.19. The molecule has 27 heavy (non-hydrogen) atoms. The summed E-state index contributed by atoms with van der Waals surface area (Å²) in [5, 5.41) is 9.46. The summed E-state index contributed by atoms with van der Waals surface area (Å²) in [6.07, 6.45) is 0. The molecule has 3 amide bonds. The van der Waals surface area contributed by atoms with Crippen LogP contribution in [0.2, 0.25) is 0 Å². The van der Waals surface area contributed by atoms with Gasteiger partial charge in [0, 0.05) is 38.3 Å². The van der Waals surface area contributed by atoms with Gasteiger partial charge in [0.25, 0.3) is 5.91 Å². The lowest BCUT2D eigenvalue weighted by Crippen LogP contribution is -2.45. The summed E-state index contributed by atoms with van der Waals surface area (Å²) in [5.41, 5.74) is 11.1. The molecule has 0 atom stereocenters. The fourth-order valence-corrected chi connectivity index (χ4v) is 2.58. The number of piperazine rings is 1. The zero-order valence-corrected chi connectivity index (χ0v) is 15.4. The topological polar surface area (TPSA) is 125 Å². The van der Waals surface area contributed by atoms with E-state index in [2.05, 4.69) is 28.7 Å². The molecule has 1 fully saturated rings. The quantitative estimate of drug-likeness (QED) is 0.351. The van der Waals surface area contributed by atoms with Gasteiger partial charge in [-0.2, -0.15) is 5.06 Å². The molecule has 146 valence electrons. The van der Waals surface area contributed by atoms with E-state index in [4.69, 9.17) is 21.4 Å². The number of nitrogens with two attached hydrogens (primary N) is 2. The summed E-state index contributed by atoms with van der Waals surface area (Å²) in [6.45, 7) is 5.01. The van der Waals surface area contributed by atoms with E-state index in [1.165, 1.54) is 6.07 Å². The summed E-state index contributed by atoms with van der Waals surface area (Å²) >= 11 is 0. The zero-order valence-electron chi connectivity index (χ0n) is 15.4. The van der Waals surface area contributed by atoms with Crippen molar-refractivity contribution in [2.24, 2.45) is 11.5 Å². The van der Waals surface area contributed by atoms with Gasteiger partial charge in [-0.05, 0) is 25.2 Å². The first-order valence-corrected chi connectivity index (χ1v) is 8.59. The van der Waals surface area contributed by atoms with Crippen LogP contribution in [0, 0.1) is 11.8 Å². The van der Waals surface area contributed by atoms with Gasteiger partial charge in [-0.25, -0.2) is 4.79 Å². The van der Waals surface area contributed by atoms with Gasteiger partial charge in [-0.3, -0.25) is 14.9 Å². The number of likely N-dealkylation sites (N-methyl/N-ethyl adjacent to an activating group) is 1. The monoisotopic (exact) mass is 375 g/mol. The number of primary amides is 2. The van der Waals surface area contributed by atoms with Crippen molar-refractivity contribution in [3.63, 3.8) is 0 Å². The van der Waals surface area contributed by atoms with Crippen LogP contribution in [-0.4, -0.2) is 84.9 Å². The Hall–Kier alpha value is -2.80. The van der Waals surface area contributed by atoms with Crippen LogP contribution in [-0.2, 0) is 0 Å². The SMILES string of the molecule is CN1CCN(CCOc2ccc(C#CCN(O)C(N)=O)cc2C(N)=O)CC1. The molecule has 9 nitrogen and oxygen atoms in total. The molecular weight excluding hydrogens is 350 g/mol. The maximum absolute atomic E-state index is 11.7. The molecule has 0 spiro atoms. The fraction of sp³-hybridized carbons (Fsp3) is 0.444. The van der Waals surface area contributed by atoms with Gasteiger partial charge in [0.15, 0.2) is 0 Å². The molecule has 0 saturated carbocycles. The summed E-state index contributed by atoms with van der Waals surface area (Å²) < 4.78 is 5.74. The summed E-state index contributed by atoms with van der Waals surface area (Å²) in [4.78, 5) is 27.0. The molecule has 1 saturated heterocycles. The van der Waals surface area contributed by atoms with E-state index >= 15 is 0 Å². The molecule has 1 aliphatic rings. The third kappa shape index (κ3) is 6.45. The van der Waals surface area contributed by atoms with Crippen LogP contribution < -0.4 is 16.2 Å². The lowest BCUT2D eigenvalue weighted by atomic mass is 10.1. The highest BCUT2D eigenvalue weighted by atomic mass is 16.5. The first-order valence-electron chi connectivity index (χ1n) is 8.59. The number of hydroxylamine groups is 2. The van der Waals surface area contributed by atoms with Gasteiger partial charge in [0.2, 0.25) is 0 Å². The van der Waals surface area contributed by atoms with Crippen LogP contribution in [0.5, 0.6) is 5.75 Å². The number of benzene rings is 1. The maximum atomic E-state index is 11.7. The summed E-state index contributed by atoms with van der Waals surface area (Å²) in [6, 6.07) is 3.84. The molecule has 9 heteroatoms. The van der Waals surface area contributed by atoms with Gasteiger partial charge >= 0.3 is 6.03 Å². The van der Waals surface area contributed by atoms with Crippen LogP contribution in [0.1, 0.15) is 15.9 Å². The average Bonchev–Trinajstić information content (AvgIpc) is 2.63. The number of ether oxygens (including phenoxy) is 1. The van der Waals surface area contributed by atoms with Crippen molar-refractivity contribution < 1.29 is 19.5 Å². The third-order valence-electron chi connectivity index (χ3n) is 4.22. The molecule has 1 aromatic carbocycles. The predicted molar refractivity (Wildman–Crippen MR) is 99.3 cm³/mol. The van der Waals surface area contributed by atoms with Crippen molar-refractivity contribution >= 4 is 11.9 Å². The summed E-state index contributed by atoms with van der Waals surface area (Å²) in [7, 11) is 2.10. The number of hydrogen-bond acceptors (Lipinski definition) is 6. The predicted octanol–water partition coefficient (Wildman–Crippen LogP) is -0.467. The van der Waals surface area contributed by atoms with E-state index in [1.807, 2.05) is 0 Å². The lowest BCUT2D eigenvalue weighted by Gasteiger charge is -2.32. The Morgan fingerprint density at radius 2 is 1.96 bits per heavy atom. The van der Waals surface area contributed by atoms with Crippen molar-refractivity contribution in [2.45, 2.75) is 0 Å². The van der Waals surface area contributed by atoms with Gasteiger partial charge in [0.1, 0.15) is 18.9 Å².